The van der Waals surface area contributed by atoms with E-state index in [1.165, 1.54) is 38.2 Å². The zero-order valence-corrected chi connectivity index (χ0v) is 36.5. The molecule has 67 heavy (non-hydrogen) atoms. The van der Waals surface area contributed by atoms with Gasteiger partial charge in [-0.15, -0.1) is 29.1 Å². The van der Waals surface area contributed by atoms with Crippen molar-refractivity contribution in [3.8, 4) is 35.4 Å². The minimum absolute atomic E-state index is 0.00518. The summed E-state index contributed by atoms with van der Waals surface area (Å²) in [4.78, 5) is 15.0. The first kappa shape index (κ1) is 47.3. The number of hydrogen-bond acceptors (Lipinski definition) is 28. The number of hydrogen-bond donors (Lipinski definition) is 7. The Kier molecular flexibility index (Phi) is 13.4. The maximum atomic E-state index is 12.3. The van der Waals surface area contributed by atoms with E-state index in [9.17, 15) is 36.3 Å². The number of aliphatic imine (C=N–C) groups is 1. The van der Waals surface area contributed by atoms with E-state index in [1.54, 1.807) is 0 Å². The van der Waals surface area contributed by atoms with Crippen molar-refractivity contribution < 1.29 is 60.3 Å². The number of nitrogens with zero attached hydrogens (tertiary/aromatic N) is 17. The van der Waals surface area contributed by atoms with Crippen LogP contribution >= 0.6 is 24.1 Å². The van der Waals surface area contributed by atoms with Crippen LogP contribution in [0.5, 0.6) is 6.01 Å². The summed E-state index contributed by atoms with van der Waals surface area (Å²) in [6.45, 7) is 6.41. The number of aromatic hydroxyl groups is 1. The number of aromatic nitrogens is 11. The van der Waals surface area contributed by atoms with Crippen molar-refractivity contribution in [3.63, 3.8) is 0 Å². The van der Waals surface area contributed by atoms with Gasteiger partial charge in [-0.25, -0.2) is 19.9 Å². The smallest absolute Gasteiger partial charge is 0.320 e. The number of nitrogens with two attached hydrogens (primary N) is 2. The highest BCUT2D eigenvalue weighted by atomic mass is 32.2. The number of rotatable bonds is 17. The van der Waals surface area contributed by atoms with Gasteiger partial charge < -0.3 is 16.6 Å². The molecule has 7 aromatic rings. The van der Waals surface area contributed by atoms with Crippen LogP contribution in [0.1, 0.15) is 17.0 Å². The standard InChI is InChI=1S/C31H25N19O13S4/c1-13-23(41-43-27-15(10-32)11-36-47(27)19-9-17(66(54,55)56)5-6-21(19)65-63-61-53)25(33)49(45-13)29-38-30(40-31(51)39-29)50-26(34)24(14(2)46-50)42-44-28-18(35-3)12-37-48(28)20-8-16(64-62-60-52)4-7-22(20)67(57,58)59/h4-9,11-12,52-53H,3,33-34H2,1-2H3,(H,54,55,56)(H,57,58,59)(H,38,39,40,51). The number of aryl methyl sites for hydroxylation is 2. The number of anilines is 2. The average molecular weight is 1000 g/mol. The summed E-state index contributed by atoms with van der Waals surface area (Å²) in [6.07, 6.45) is 2.25. The molecule has 7 rings (SSSR count). The molecule has 0 amide bonds. The van der Waals surface area contributed by atoms with E-state index in [0.29, 0.717) is 24.1 Å². The fraction of sp³-hybridized carbons (Fsp3) is 0.0645. The molecule has 0 aliphatic rings. The molecule has 36 heteroatoms. The minimum Gasteiger partial charge on any atom is -0.479 e. The van der Waals surface area contributed by atoms with E-state index in [0.717, 1.165) is 43.1 Å². The van der Waals surface area contributed by atoms with Crippen LogP contribution in [-0.2, 0) is 39.0 Å². The first-order valence-electron chi connectivity index (χ1n) is 17.4. The van der Waals surface area contributed by atoms with E-state index in [4.69, 9.17) is 22.0 Å². The van der Waals surface area contributed by atoms with Gasteiger partial charge in [-0.3, -0.25) is 14.1 Å². The quantitative estimate of drug-likeness (QED) is 0.0165. The molecule has 0 aliphatic heterocycles. The Morgan fingerprint density at radius 2 is 1.33 bits per heavy atom. The number of nitriles is 1. The molecular formula is C31H25N19O13S4. The highest BCUT2D eigenvalue weighted by Gasteiger charge is 2.26. The van der Waals surface area contributed by atoms with Crippen molar-refractivity contribution in [1.82, 2.24) is 54.1 Å². The van der Waals surface area contributed by atoms with Crippen LogP contribution in [0.2, 0.25) is 0 Å². The van der Waals surface area contributed by atoms with Gasteiger partial charge in [-0.05, 0) is 57.0 Å². The second-order valence-electron chi connectivity index (χ2n) is 12.6. The Labute approximate surface area is 381 Å². The molecule has 0 fully saturated rings. The molecular weight excluding hydrogens is 975 g/mol. The highest BCUT2D eigenvalue weighted by molar-refractivity contribution is 7.95. The molecule has 5 heterocycles. The zero-order valence-electron chi connectivity index (χ0n) is 33.2. The van der Waals surface area contributed by atoms with E-state index in [-0.39, 0.29) is 84.4 Å². The van der Waals surface area contributed by atoms with Crippen LogP contribution in [0.4, 0.5) is 40.3 Å². The molecule has 0 saturated carbocycles. The van der Waals surface area contributed by atoms with Crippen molar-refractivity contribution in [3.05, 3.63) is 65.7 Å². The van der Waals surface area contributed by atoms with Crippen molar-refractivity contribution in [2.24, 2.45) is 25.4 Å². The van der Waals surface area contributed by atoms with Gasteiger partial charge in [0.25, 0.3) is 32.1 Å². The molecule has 346 valence electrons. The third-order valence-electron chi connectivity index (χ3n) is 8.56. The molecule has 0 unspecified atom stereocenters. The van der Waals surface area contributed by atoms with Gasteiger partial charge in [0.05, 0.1) is 69.0 Å². The number of benzene rings is 2. The summed E-state index contributed by atoms with van der Waals surface area (Å²) in [7, 11) is -9.61. The van der Waals surface area contributed by atoms with Crippen LogP contribution in [-0.4, -0.2) is 102 Å². The zero-order chi connectivity index (χ0) is 48.4. The van der Waals surface area contributed by atoms with E-state index in [1.807, 2.05) is 6.07 Å². The second kappa shape index (κ2) is 19.0. The van der Waals surface area contributed by atoms with Gasteiger partial charge in [0.1, 0.15) is 22.2 Å². The SMILES string of the molecule is C=Nc1cnn(-c2cc(SOOO)ccc2S(=O)(=O)O)c1N=Nc1c(C)nn(-c2nc(O)nc(-n3nc(C)c(N=Nc4c(C#N)cnn4-c4cc(S(=O)(=O)O)ccc4SOOO)c3N)n2)c1N. The highest BCUT2D eigenvalue weighted by Crippen LogP contribution is 2.39. The third kappa shape index (κ3) is 9.67. The summed E-state index contributed by atoms with van der Waals surface area (Å²) in [5.74, 6) is -1.79. The normalized spacial score (nSPS) is 12.1. The topological polar surface area (TPSA) is 454 Å². The lowest BCUT2D eigenvalue weighted by atomic mass is 10.3. The van der Waals surface area contributed by atoms with Gasteiger partial charge in [-0.2, -0.15) is 66.8 Å². The molecule has 0 saturated heterocycles. The molecule has 0 spiro atoms. The van der Waals surface area contributed by atoms with Crippen LogP contribution in [0.3, 0.4) is 0 Å². The molecule has 0 bridgehead atoms. The van der Waals surface area contributed by atoms with Crippen molar-refractivity contribution in [2.75, 3.05) is 11.5 Å². The Morgan fingerprint density at radius 3 is 1.90 bits per heavy atom. The largest absolute Gasteiger partial charge is 0.479 e. The van der Waals surface area contributed by atoms with Crippen LogP contribution in [0, 0.1) is 25.2 Å². The van der Waals surface area contributed by atoms with Crippen LogP contribution in [0.15, 0.2) is 93.8 Å². The third-order valence-corrected chi connectivity index (χ3v) is 11.5. The van der Waals surface area contributed by atoms with Crippen molar-refractivity contribution >= 4 is 91.4 Å². The average Bonchev–Trinajstić information content (AvgIpc) is 4.04. The summed E-state index contributed by atoms with van der Waals surface area (Å²) >= 11 is 0.893. The molecule has 0 radical (unpaired) electrons. The van der Waals surface area contributed by atoms with E-state index >= 15 is 0 Å². The predicted octanol–water partition coefficient (Wildman–Crippen LogP) is 4.49. The van der Waals surface area contributed by atoms with Crippen molar-refractivity contribution in [2.45, 2.75) is 33.4 Å². The maximum absolute atomic E-state index is 12.3. The number of nitrogen functional groups attached to an aromatic ring is 2. The second-order valence-corrected chi connectivity index (χ2v) is 16.9. The fourth-order valence-electron chi connectivity index (χ4n) is 5.69. The molecule has 5 aromatic heterocycles. The Balaban J connectivity index is 1.24. The summed E-state index contributed by atoms with van der Waals surface area (Å²) < 4.78 is 81.0. The molecule has 2 aromatic carbocycles. The Bertz CT molecular complexity index is 3420. The van der Waals surface area contributed by atoms with Gasteiger partial charge in [0, 0.05) is 4.90 Å². The van der Waals surface area contributed by atoms with Crippen LogP contribution in [0.25, 0.3) is 23.3 Å². The first-order valence-corrected chi connectivity index (χ1v) is 21.8. The Morgan fingerprint density at radius 1 is 0.746 bits per heavy atom. The minimum atomic E-state index is -4.86. The predicted molar refractivity (Wildman–Crippen MR) is 224 cm³/mol. The Hall–Kier alpha value is -7.67. The monoisotopic (exact) mass is 999 g/mol. The number of azo groups is 2. The van der Waals surface area contributed by atoms with E-state index in [2.05, 4.69) is 86.3 Å². The van der Waals surface area contributed by atoms with Gasteiger partial charge in [0.15, 0.2) is 28.8 Å². The molecule has 0 aliphatic carbocycles. The first-order chi connectivity index (χ1) is 31.9. The lowest BCUT2D eigenvalue weighted by Crippen LogP contribution is -2.13. The maximum Gasteiger partial charge on any atom is 0.320 e. The summed E-state index contributed by atoms with van der Waals surface area (Å²) in [5, 5.41) is 78.5. The van der Waals surface area contributed by atoms with Gasteiger partial charge in [0.2, 0.25) is 5.82 Å². The lowest BCUT2D eigenvalue weighted by Gasteiger charge is -2.10. The summed E-state index contributed by atoms with van der Waals surface area (Å²) in [5.41, 5.74) is 12.3. The fourth-order valence-corrected chi connectivity index (χ4v) is 7.69. The molecule has 32 nitrogen and oxygen atoms in total. The van der Waals surface area contributed by atoms with Gasteiger partial charge >= 0.3 is 6.01 Å². The molecule has 9 N–H and O–H groups in total. The van der Waals surface area contributed by atoms with E-state index < -0.39 is 42.0 Å². The van der Waals surface area contributed by atoms with Crippen molar-refractivity contribution in [1.29, 1.82) is 5.26 Å². The lowest BCUT2D eigenvalue weighted by molar-refractivity contribution is -0.432. The van der Waals surface area contributed by atoms with Gasteiger partial charge in [-0.1, -0.05) is 10.1 Å². The summed E-state index contributed by atoms with van der Waals surface area (Å²) in [6, 6.07) is 7.65. The van der Waals surface area contributed by atoms with Crippen LogP contribution < -0.4 is 11.5 Å². The molecule has 0 atom stereocenters.